The molecular weight excluding hydrogens is 262 g/mol. The van der Waals surface area contributed by atoms with Gasteiger partial charge in [0.1, 0.15) is 0 Å². The molecule has 4 nitrogen and oxygen atoms in total. The molecular formula is C14H17NO3S. The van der Waals surface area contributed by atoms with Crippen molar-refractivity contribution in [2.24, 2.45) is 0 Å². The van der Waals surface area contributed by atoms with Crippen molar-refractivity contribution in [3.63, 3.8) is 0 Å². The number of hydrogen-bond acceptors (Lipinski definition) is 4. The summed E-state index contributed by atoms with van der Waals surface area (Å²) in [7, 11) is 1.34. The van der Waals surface area contributed by atoms with Crippen LogP contribution in [0.1, 0.15) is 30.1 Å². The van der Waals surface area contributed by atoms with E-state index in [-0.39, 0.29) is 10.7 Å². The van der Waals surface area contributed by atoms with Gasteiger partial charge in [-0.05, 0) is 43.7 Å². The lowest BCUT2D eigenvalue weighted by atomic mass is 10.0. The Kier molecular flexibility index (Phi) is 4.14. The predicted octanol–water partition coefficient (Wildman–Crippen LogP) is 2.70. The highest BCUT2D eigenvalue weighted by Crippen LogP contribution is 2.38. The highest BCUT2D eigenvalue weighted by molar-refractivity contribution is 8.01. The summed E-state index contributed by atoms with van der Waals surface area (Å²) < 4.78 is 4.30. The van der Waals surface area contributed by atoms with Gasteiger partial charge in [0, 0.05) is 5.69 Å². The standard InChI is InChI=1S/C14H17NO3S/c1-14(7-4-8-19-14)13(17)15-11-6-3-5-10(9-11)12(16)18-2/h3,5-6,9H,4,7-8H2,1-2H3,(H,15,17). The molecule has 102 valence electrons. The Balaban J connectivity index is 2.11. The number of thioether (sulfide) groups is 1. The van der Waals surface area contributed by atoms with E-state index in [0.29, 0.717) is 11.3 Å². The normalized spacial score (nSPS) is 22.0. The van der Waals surface area contributed by atoms with E-state index >= 15 is 0 Å². The van der Waals surface area contributed by atoms with E-state index in [4.69, 9.17) is 0 Å². The van der Waals surface area contributed by atoms with Crippen LogP contribution in [0.4, 0.5) is 5.69 Å². The molecule has 19 heavy (non-hydrogen) atoms. The van der Waals surface area contributed by atoms with Gasteiger partial charge in [-0.3, -0.25) is 4.79 Å². The molecule has 1 aromatic rings. The summed E-state index contributed by atoms with van der Waals surface area (Å²) in [5.74, 6) is 0.612. The smallest absolute Gasteiger partial charge is 0.337 e. The second-order valence-corrected chi connectivity index (χ2v) is 6.31. The first-order chi connectivity index (χ1) is 9.05. The van der Waals surface area contributed by atoms with Crippen LogP contribution in [0, 0.1) is 0 Å². The summed E-state index contributed by atoms with van der Waals surface area (Å²) in [6.45, 7) is 1.96. The quantitative estimate of drug-likeness (QED) is 0.864. The Morgan fingerprint density at radius 3 is 2.84 bits per heavy atom. The van der Waals surface area contributed by atoms with Crippen LogP contribution >= 0.6 is 11.8 Å². The van der Waals surface area contributed by atoms with E-state index in [1.54, 1.807) is 36.0 Å². The molecule has 1 saturated heterocycles. The number of ether oxygens (including phenoxy) is 1. The number of esters is 1. The molecule has 0 aromatic heterocycles. The van der Waals surface area contributed by atoms with E-state index < -0.39 is 5.97 Å². The molecule has 1 unspecified atom stereocenters. The van der Waals surface area contributed by atoms with Gasteiger partial charge in [0.15, 0.2) is 0 Å². The molecule has 1 fully saturated rings. The van der Waals surface area contributed by atoms with E-state index in [0.717, 1.165) is 18.6 Å². The van der Waals surface area contributed by atoms with Crippen molar-refractivity contribution in [1.82, 2.24) is 0 Å². The van der Waals surface area contributed by atoms with Crippen molar-refractivity contribution in [3.8, 4) is 0 Å². The fourth-order valence-electron chi connectivity index (χ4n) is 2.06. The van der Waals surface area contributed by atoms with Gasteiger partial charge >= 0.3 is 5.97 Å². The number of benzene rings is 1. The van der Waals surface area contributed by atoms with Crippen molar-refractivity contribution in [2.75, 3.05) is 18.2 Å². The van der Waals surface area contributed by atoms with Gasteiger partial charge in [0.05, 0.1) is 17.4 Å². The van der Waals surface area contributed by atoms with Crippen LogP contribution < -0.4 is 5.32 Å². The maximum Gasteiger partial charge on any atom is 0.337 e. The third-order valence-corrected chi connectivity index (χ3v) is 4.76. The minimum Gasteiger partial charge on any atom is -0.465 e. The zero-order chi connectivity index (χ0) is 13.9. The minimum absolute atomic E-state index is 0.00276. The van der Waals surface area contributed by atoms with Crippen LogP contribution in [0.5, 0.6) is 0 Å². The number of nitrogens with one attached hydrogen (secondary N) is 1. The molecule has 1 aromatic carbocycles. The van der Waals surface area contributed by atoms with Crippen LogP contribution in [0.15, 0.2) is 24.3 Å². The minimum atomic E-state index is -0.405. The van der Waals surface area contributed by atoms with Gasteiger partial charge in [0.2, 0.25) is 5.91 Å². The number of carbonyl (C=O) groups excluding carboxylic acids is 2. The summed E-state index contributed by atoms with van der Waals surface area (Å²) >= 11 is 1.68. The number of carbonyl (C=O) groups is 2. The van der Waals surface area contributed by atoms with Crippen LogP contribution in [0.2, 0.25) is 0 Å². The summed E-state index contributed by atoms with van der Waals surface area (Å²) in [4.78, 5) is 23.7. The first-order valence-corrected chi connectivity index (χ1v) is 7.17. The molecule has 0 aliphatic carbocycles. The molecule has 2 rings (SSSR count). The van der Waals surface area contributed by atoms with Crippen molar-refractivity contribution in [3.05, 3.63) is 29.8 Å². The molecule has 1 aliphatic rings. The molecule has 1 amide bonds. The zero-order valence-electron chi connectivity index (χ0n) is 11.1. The van der Waals surface area contributed by atoms with Crippen molar-refractivity contribution in [2.45, 2.75) is 24.5 Å². The fraction of sp³-hybridized carbons (Fsp3) is 0.429. The van der Waals surface area contributed by atoms with Gasteiger partial charge in [-0.15, -0.1) is 11.8 Å². The SMILES string of the molecule is COC(=O)c1cccc(NC(=O)C2(C)CCCS2)c1. The third-order valence-electron chi connectivity index (χ3n) is 3.24. The average Bonchev–Trinajstić information content (AvgIpc) is 2.86. The van der Waals surface area contributed by atoms with Gasteiger partial charge < -0.3 is 10.1 Å². The highest BCUT2D eigenvalue weighted by atomic mass is 32.2. The molecule has 0 spiro atoms. The average molecular weight is 279 g/mol. The van der Waals surface area contributed by atoms with Crippen molar-refractivity contribution >= 4 is 29.3 Å². The van der Waals surface area contributed by atoms with E-state index in [1.165, 1.54) is 7.11 Å². The predicted molar refractivity (Wildman–Crippen MR) is 76.5 cm³/mol. The van der Waals surface area contributed by atoms with E-state index in [9.17, 15) is 9.59 Å². The van der Waals surface area contributed by atoms with Crippen LogP contribution in [-0.4, -0.2) is 29.5 Å². The highest BCUT2D eigenvalue weighted by Gasteiger charge is 2.37. The largest absolute Gasteiger partial charge is 0.465 e. The second kappa shape index (κ2) is 5.65. The van der Waals surface area contributed by atoms with E-state index in [2.05, 4.69) is 10.1 Å². The first kappa shape index (κ1) is 13.9. The first-order valence-electron chi connectivity index (χ1n) is 6.19. The van der Waals surface area contributed by atoms with E-state index in [1.807, 2.05) is 6.92 Å². The number of hydrogen-bond donors (Lipinski definition) is 1. The number of amides is 1. The Hall–Kier alpha value is -1.49. The second-order valence-electron chi connectivity index (χ2n) is 4.71. The lowest BCUT2D eigenvalue weighted by Gasteiger charge is -2.21. The van der Waals surface area contributed by atoms with Gasteiger partial charge in [0.25, 0.3) is 0 Å². The van der Waals surface area contributed by atoms with Gasteiger partial charge in [-0.25, -0.2) is 4.79 Å². The van der Waals surface area contributed by atoms with Crippen molar-refractivity contribution < 1.29 is 14.3 Å². The molecule has 0 radical (unpaired) electrons. The summed E-state index contributed by atoms with van der Waals surface area (Å²) in [5, 5.41) is 2.88. The van der Waals surface area contributed by atoms with Crippen LogP contribution in [-0.2, 0) is 9.53 Å². The number of rotatable bonds is 3. The number of methoxy groups -OCH3 is 1. The maximum absolute atomic E-state index is 12.2. The molecule has 1 N–H and O–H groups in total. The number of anilines is 1. The molecule has 1 aliphatic heterocycles. The third kappa shape index (κ3) is 3.10. The summed E-state index contributed by atoms with van der Waals surface area (Å²) in [6, 6.07) is 6.79. The topological polar surface area (TPSA) is 55.4 Å². The van der Waals surface area contributed by atoms with Crippen LogP contribution in [0.25, 0.3) is 0 Å². The molecule has 0 saturated carbocycles. The zero-order valence-corrected chi connectivity index (χ0v) is 11.9. The lowest BCUT2D eigenvalue weighted by molar-refractivity contribution is -0.118. The Morgan fingerprint density at radius 1 is 1.42 bits per heavy atom. The fourth-order valence-corrected chi connectivity index (χ4v) is 3.27. The maximum atomic E-state index is 12.2. The monoisotopic (exact) mass is 279 g/mol. The molecule has 0 bridgehead atoms. The molecule has 1 atom stereocenters. The van der Waals surface area contributed by atoms with Crippen LogP contribution in [0.3, 0.4) is 0 Å². The van der Waals surface area contributed by atoms with Gasteiger partial charge in [-0.1, -0.05) is 6.07 Å². The Bertz CT molecular complexity index is 495. The Morgan fingerprint density at radius 2 is 2.21 bits per heavy atom. The Labute approximate surface area is 116 Å². The van der Waals surface area contributed by atoms with Gasteiger partial charge in [-0.2, -0.15) is 0 Å². The lowest BCUT2D eigenvalue weighted by Crippen LogP contribution is -2.34. The summed E-state index contributed by atoms with van der Waals surface area (Å²) in [6.07, 6.45) is 1.96. The molecule has 1 heterocycles. The molecule has 5 heteroatoms. The summed E-state index contributed by atoms with van der Waals surface area (Å²) in [5.41, 5.74) is 1.06. The van der Waals surface area contributed by atoms with Crippen molar-refractivity contribution in [1.29, 1.82) is 0 Å².